The van der Waals surface area contributed by atoms with E-state index in [9.17, 15) is 5.11 Å². The average molecular weight is 712 g/mol. The molecule has 4 rings (SSSR count). The second-order valence-electron chi connectivity index (χ2n) is 13.9. The van der Waals surface area contributed by atoms with Crippen LogP contribution in [0.15, 0.2) is 18.2 Å². The van der Waals surface area contributed by atoms with Gasteiger partial charge >= 0.3 is 240 Å². The van der Waals surface area contributed by atoms with E-state index < -0.39 is 5.31 Å². The van der Waals surface area contributed by atoms with E-state index in [1.807, 2.05) is 19.9 Å². The molecule has 0 heterocycles. The van der Waals surface area contributed by atoms with Gasteiger partial charge in [0, 0.05) is 13.2 Å². The molecule has 44 heavy (non-hydrogen) atoms. The van der Waals surface area contributed by atoms with Crippen molar-refractivity contribution in [3.63, 3.8) is 0 Å². The number of phenols is 1. The molecule has 0 aromatic heterocycles. The SMILES string of the molecule is CCOC(OCC)[Si]CCCCCCCCOc1ccc(O)cc1P(Br)(C1CCCCC1)(C1CCCCC1)C1CCCCC1. The van der Waals surface area contributed by atoms with Crippen molar-refractivity contribution in [2.75, 3.05) is 19.8 Å². The van der Waals surface area contributed by atoms with Crippen molar-refractivity contribution in [3.05, 3.63) is 18.2 Å². The van der Waals surface area contributed by atoms with Gasteiger partial charge in [-0.25, -0.2) is 0 Å². The van der Waals surface area contributed by atoms with Gasteiger partial charge in [0.15, 0.2) is 0 Å². The first-order valence-electron chi connectivity index (χ1n) is 18.7. The monoisotopic (exact) mass is 710 g/mol. The van der Waals surface area contributed by atoms with Gasteiger partial charge in [0.25, 0.3) is 0 Å². The molecular formula is C37H64BrO4PSi. The molecule has 252 valence electrons. The van der Waals surface area contributed by atoms with Gasteiger partial charge in [-0.2, -0.15) is 0 Å². The molecule has 3 saturated carbocycles. The number of ether oxygens (including phenoxy) is 3. The average Bonchev–Trinajstić information content (AvgIpc) is 3.07. The van der Waals surface area contributed by atoms with Crippen LogP contribution >= 0.6 is 20.8 Å². The third-order valence-corrected chi connectivity index (χ3v) is 26.2. The van der Waals surface area contributed by atoms with Gasteiger partial charge in [-0.1, -0.05) is 0 Å². The fourth-order valence-corrected chi connectivity index (χ4v) is 23.1. The van der Waals surface area contributed by atoms with E-state index in [1.165, 1.54) is 140 Å². The number of benzene rings is 1. The molecule has 1 aromatic carbocycles. The fraction of sp³-hybridized carbons (Fsp3) is 0.838. The molecule has 0 spiro atoms. The van der Waals surface area contributed by atoms with Gasteiger partial charge in [-0.05, 0) is 13.8 Å². The first-order chi connectivity index (χ1) is 21.5. The number of phenolic OH excluding ortho intramolecular Hbond substituents is 1. The van der Waals surface area contributed by atoms with Crippen molar-refractivity contribution in [1.29, 1.82) is 0 Å². The van der Waals surface area contributed by atoms with Gasteiger partial charge in [0.2, 0.25) is 0 Å². The van der Waals surface area contributed by atoms with E-state index in [0.29, 0.717) is 5.75 Å². The Kier molecular flexibility index (Phi) is 15.9. The maximum atomic E-state index is 11.1. The Morgan fingerprint density at radius 1 is 0.727 bits per heavy atom. The molecular weight excluding hydrogens is 647 g/mol. The van der Waals surface area contributed by atoms with E-state index in [-0.39, 0.29) is 5.91 Å². The quantitative estimate of drug-likeness (QED) is 0.0672. The standard InChI is InChI=1S/C37H64BrO4PSi/c1-3-40-37(41-4-2)44-29-19-8-6-5-7-18-28-42-35-27-26-31(39)30-36(35)43(38,32-20-12-9-13-21-32,33-22-14-10-15-23-33)34-24-16-11-17-25-34/h26-27,30,32-34,37,39H,3-25,28-29H2,1-2H3. The molecule has 2 radical (unpaired) electrons. The molecule has 1 aromatic rings. The summed E-state index contributed by atoms with van der Waals surface area (Å²) < 4.78 is 18.2. The van der Waals surface area contributed by atoms with Gasteiger partial charge in [0.1, 0.15) is 5.91 Å². The molecule has 0 bridgehead atoms. The molecule has 7 heteroatoms. The summed E-state index contributed by atoms with van der Waals surface area (Å²) in [7, 11) is 0.744. The fourth-order valence-electron chi connectivity index (χ4n) is 9.10. The molecule has 3 aliphatic carbocycles. The van der Waals surface area contributed by atoms with Gasteiger partial charge in [-0.15, -0.1) is 0 Å². The van der Waals surface area contributed by atoms with Gasteiger partial charge < -0.3 is 9.47 Å². The summed E-state index contributed by atoms with van der Waals surface area (Å²) in [4.78, 5) is 0. The van der Waals surface area contributed by atoms with Crippen LogP contribution in [0.2, 0.25) is 6.04 Å². The Bertz CT molecular complexity index is 891. The predicted molar refractivity (Wildman–Crippen MR) is 195 cm³/mol. The zero-order valence-corrected chi connectivity index (χ0v) is 31.7. The summed E-state index contributed by atoms with van der Waals surface area (Å²) in [6, 6.07) is 7.43. The van der Waals surface area contributed by atoms with Crippen LogP contribution in [0.1, 0.15) is 149 Å². The Morgan fingerprint density at radius 2 is 1.20 bits per heavy atom. The van der Waals surface area contributed by atoms with Crippen molar-refractivity contribution < 1.29 is 19.3 Å². The van der Waals surface area contributed by atoms with Crippen LogP contribution in [0.25, 0.3) is 0 Å². The number of hydrogen-bond donors (Lipinski definition) is 1. The number of hydrogen-bond acceptors (Lipinski definition) is 4. The topological polar surface area (TPSA) is 47.9 Å². The Balaban J connectivity index is 1.42. The predicted octanol–water partition coefficient (Wildman–Crippen LogP) is 11.1. The van der Waals surface area contributed by atoms with Crippen LogP contribution in [-0.4, -0.2) is 57.3 Å². The summed E-state index contributed by atoms with van der Waals surface area (Å²) in [5.74, 6) is 1.53. The molecule has 0 unspecified atom stereocenters. The van der Waals surface area contributed by atoms with Gasteiger partial charge in [-0.3, -0.25) is 0 Å². The first-order valence-corrected chi connectivity index (χ1v) is 24.4. The van der Waals surface area contributed by atoms with E-state index >= 15 is 0 Å². The number of halogens is 1. The number of rotatable bonds is 19. The van der Waals surface area contributed by atoms with Gasteiger partial charge in [0.05, 0.1) is 0 Å². The minimum atomic E-state index is -2.68. The van der Waals surface area contributed by atoms with Crippen LogP contribution in [0.5, 0.6) is 11.5 Å². The summed E-state index contributed by atoms with van der Waals surface area (Å²) in [5, 5.41) is 9.81. The Morgan fingerprint density at radius 3 is 1.70 bits per heavy atom. The van der Waals surface area contributed by atoms with Crippen LogP contribution in [0.4, 0.5) is 0 Å². The number of unbranched alkanes of at least 4 members (excludes halogenated alkanes) is 5. The van der Waals surface area contributed by atoms with E-state index in [0.717, 1.165) is 58.5 Å². The Hall–Kier alpha value is -0.133. The molecule has 1 N–H and O–H groups in total. The second-order valence-corrected chi connectivity index (χ2v) is 25.1. The van der Waals surface area contributed by atoms with E-state index in [2.05, 4.69) is 12.1 Å². The first kappa shape index (κ1) is 36.7. The van der Waals surface area contributed by atoms with Crippen LogP contribution in [0.3, 0.4) is 0 Å². The van der Waals surface area contributed by atoms with Crippen molar-refractivity contribution in [2.45, 2.75) is 178 Å². The molecule has 4 nitrogen and oxygen atoms in total. The summed E-state index contributed by atoms with van der Waals surface area (Å²) >= 11 is 4.99. The zero-order chi connectivity index (χ0) is 31.1. The summed E-state index contributed by atoms with van der Waals surface area (Å²) in [6.45, 7) is 6.33. The second kappa shape index (κ2) is 19.0. The number of aromatic hydroxyl groups is 1. The normalized spacial score (nSPS) is 20.5. The van der Waals surface area contributed by atoms with Crippen molar-refractivity contribution in [3.8, 4) is 11.5 Å². The third kappa shape index (κ3) is 9.06. The molecule has 0 atom stereocenters. The van der Waals surface area contributed by atoms with Crippen LogP contribution in [-0.2, 0) is 9.47 Å². The Labute approximate surface area is 281 Å². The third-order valence-electron chi connectivity index (χ3n) is 11.2. The summed E-state index contributed by atoms with van der Waals surface area (Å²) in [5.41, 5.74) is 2.18. The zero-order valence-electron chi connectivity index (χ0n) is 28.2. The minimum absolute atomic E-state index is 0.00144. The van der Waals surface area contributed by atoms with Crippen LogP contribution in [0, 0.1) is 0 Å². The molecule has 0 aliphatic heterocycles. The molecule has 0 saturated heterocycles. The van der Waals surface area contributed by atoms with E-state index in [1.54, 1.807) is 0 Å². The molecule has 3 aliphatic rings. The molecule has 3 fully saturated rings. The van der Waals surface area contributed by atoms with Crippen molar-refractivity contribution in [1.82, 2.24) is 0 Å². The summed E-state index contributed by atoms with van der Waals surface area (Å²) in [6.07, 6.45) is 27.9. The van der Waals surface area contributed by atoms with Crippen molar-refractivity contribution in [2.24, 2.45) is 0 Å². The van der Waals surface area contributed by atoms with Crippen LogP contribution < -0.4 is 10.0 Å². The van der Waals surface area contributed by atoms with E-state index in [4.69, 9.17) is 29.7 Å². The molecule has 0 amide bonds. The maximum absolute atomic E-state index is 11.1. The van der Waals surface area contributed by atoms with Crippen molar-refractivity contribution >= 4 is 35.6 Å².